The molecular weight excluding hydrogens is 340 g/mol. The number of aryl methyl sites for hydroxylation is 2. The molecule has 0 saturated carbocycles. The van der Waals surface area contributed by atoms with Crippen molar-refractivity contribution in [3.63, 3.8) is 0 Å². The van der Waals surface area contributed by atoms with Crippen LogP contribution in [-0.4, -0.2) is 25.7 Å². The summed E-state index contributed by atoms with van der Waals surface area (Å²) in [6, 6.07) is 9.98. The lowest BCUT2D eigenvalue weighted by molar-refractivity contribution is 0.353. The van der Waals surface area contributed by atoms with Gasteiger partial charge in [0.05, 0.1) is 25.8 Å². The van der Waals surface area contributed by atoms with Crippen molar-refractivity contribution < 1.29 is 9.47 Å². The van der Waals surface area contributed by atoms with Crippen molar-refractivity contribution in [3.05, 3.63) is 68.5 Å². The molecule has 0 aliphatic carbocycles. The molecule has 0 amide bonds. The van der Waals surface area contributed by atoms with Gasteiger partial charge in [-0.2, -0.15) is 0 Å². The predicted octanol–water partition coefficient (Wildman–Crippen LogP) is 3.40. The Balaban J connectivity index is 1.90. The highest BCUT2D eigenvalue weighted by Gasteiger charge is 2.26. The molecule has 5 heteroatoms. The Labute approximate surface area is 158 Å². The van der Waals surface area contributed by atoms with Crippen LogP contribution in [0, 0.1) is 13.8 Å². The number of hydrogen-bond acceptors (Lipinski definition) is 4. The van der Waals surface area contributed by atoms with Crippen LogP contribution in [0.15, 0.2) is 35.1 Å². The van der Waals surface area contributed by atoms with Gasteiger partial charge in [-0.1, -0.05) is 12.1 Å². The molecule has 2 heterocycles. The first-order chi connectivity index (χ1) is 13.0. The highest BCUT2D eigenvalue weighted by molar-refractivity contribution is 5.83. The van der Waals surface area contributed by atoms with E-state index in [1.165, 1.54) is 11.1 Å². The van der Waals surface area contributed by atoms with Crippen LogP contribution in [0.4, 0.5) is 0 Å². The number of pyridine rings is 1. The molecule has 140 valence electrons. The fourth-order valence-electron chi connectivity index (χ4n) is 3.92. The maximum atomic E-state index is 12.9. The van der Waals surface area contributed by atoms with Crippen LogP contribution < -0.4 is 20.3 Å². The number of methoxy groups -OCH3 is 2. The van der Waals surface area contributed by atoms with Gasteiger partial charge in [0.15, 0.2) is 11.5 Å². The van der Waals surface area contributed by atoms with Crippen molar-refractivity contribution in [1.29, 1.82) is 0 Å². The Morgan fingerprint density at radius 2 is 1.74 bits per heavy atom. The molecule has 1 aromatic heterocycles. The molecule has 27 heavy (non-hydrogen) atoms. The number of aromatic amines is 1. The standard InChI is InChI=1S/C22H24N2O3/c1-12-5-6-15-9-17(22(25)24-20(15)13(12)2)21-16-11-19(27-4)18(26-3)10-14(16)7-8-23-21/h5-6,9-11,21,23H,7-8H2,1-4H3,(H,24,25)/t21-/m1/s1. The Morgan fingerprint density at radius 1 is 1.00 bits per heavy atom. The predicted molar refractivity (Wildman–Crippen MR) is 107 cm³/mol. The van der Waals surface area contributed by atoms with Crippen LogP contribution in [0.25, 0.3) is 10.9 Å². The Bertz CT molecular complexity index is 1090. The minimum absolute atomic E-state index is 0.0589. The van der Waals surface area contributed by atoms with Gasteiger partial charge in [-0.05, 0) is 66.1 Å². The van der Waals surface area contributed by atoms with Gasteiger partial charge in [0, 0.05) is 12.1 Å². The SMILES string of the molecule is COc1cc2c(cc1OC)[C@H](c1cc3ccc(C)c(C)c3[nH]c1=O)NCC2. The molecule has 0 unspecified atom stereocenters. The number of aromatic nitrogens is 1. The summed E-state index contributed by atoms with van der Waals surface area (Å²) in [5, 5.41) is 4.54. The number of benzene rings is 2. The summed E-state index contributed by atoms with van der Waals surface area (Å²) < 4.78 is 10.9. The fraction of sp³-hybridized carbons (Fsp3) is 0.318. The molecule has 2 aromatic carbocycles. The van der Waals surface area contributed by atoms with Crippen molar-refractivity contribution >= 4 is 10.9 Å². The number of hydrogen-bond donors (Lipinski definition) is 2. The van der Waals surface area contributed by atoms with Gasteiger partial charge < -0.3 is 19.8 Å². The Morgan fingerprint density at radius 3 is 2.48 bits per heavy atom. The van der Waals surface area contributed by atoms with E-state index in [2.05, 4.69) is 29.4 Å². The summed E-state index contributed by atoms with van der Waals surface area (Å²) in [6.07, 6.45) is 0.885. The Hall–Kier alpha value is -2.79. The van der Waals surface area contributed by atoms with Crippen molar-refractivity contribution in [1.82, 2.24) is 10.3 Å². The summed E-state index contributed by atoms with van der Waals surface area (Å²) in [4.78, 5) is 16.0. The summed E-state index contributed by atoms with van der Waals surface area (Å²) in [5.41, 5.74) is 6.09. The fourth-order valence-corrected chi connectivity index (χ4v) is 3.92. The van der Waals surface area contributed by atoms with E-state index >= 15 is 0 Å². The molecule has 0 bridgehead atoms. The minimum Gasteiger partial charge on any atom is -0.493 e. The number of H-pyrrole nitrogens is 1. The van der Waals surface area contributed by atoms with Crippen molar-refractivity contribution in [3.8, 4) is 11.5 Å². The third-order valence-electron chi connectivity index (χ3n) is 5.59. The molecule has 3 aromatic rings. The first kappa shape index (κ1) is 17.6. The first-order valence-electron chi connectivity index (χ1n) is 9.14. The topological polar surface area (TPSA) is 63.4 Å². The van der Waals surface area contributed by atoms with Gasteiger partial charge in [0.25, 0.3) is 5.56 Å². The summed E-state index contributed by atoms with van der Waals surface area (Å²) >= 11 is 0. The third-order valence-corrected chi connectivity index (χ3v) is 5.59. The van der Waals surface area contributed by atoms with Crippen LogP contribution >= 0.6 is 0 Å². The lowest BCUT2D eigenvalue weighted by Crippen LogP contribution is -2.34. The average molecular weight is 364 g/mol. The van der Waals surface area contributed by atoms with E-state index in [4.69, 9.17) is 9.47 Å². The van der Waals surface area contributed by atoms with Gasteiger partial charge in [0.2, 0.25) is 0 Å². The number of fused-ring (bicyclic) bond motifs is 2. The molecule has 1 atom stereocenters. The summed E-state index contributed by atoms with van der Waals surface area (Å²) in [5.74, 6) is 1.39. The smallest absolute Gasteiger partial charge is 0.253 e. The zero-order chi connectivity index (χ0) is 19.1. The van der Waals surface area contributed by atoms with E-state index in [-0.39, 0.29) is 11.6 Å². The molecule has 1 aliphatic heterocycles. The van der Waals surface area contributed by atoms with Crippen molar-refractivity contribution in [2.24, 2.45) is 0 Å². The molecule has 1 aliphatic rings. The molecule has 4 rings (SSSR count). The van der Waals surface area contributed by atoms with Gasteiger partial charge >= 0.3 is 0 Å². The first-order valence-corrected chi connectivity index (χ1v) is 9.14. The van der Waals surface area contributed by atoms with Crippen molar-refractivity contribution in [2.45, 2.75) is 26.3 Å². The highest BCUT2D eigenvalue weighted by Crippen LogP contribution is 2.37. The number of rotatable bonds is 3. The lowest BCUT2D eigenvalue weighted by Gasteiger charge is -2.28. The zero-order valence-corrected chi connectivity index (χ0v) is 16.1. The monoisotopic (exact) mass is 364 g/mol. The number of ether oxygens (including phenoxy) is 2. The van der Waals surface area contributed by atoms with E-state index < -0.39 is 0 Å². The van der Waals surface area contributed by atoms with Crippen LogP contribution in [0.1, 0.15) is 33.9 Å². The minimum atomic E-state index is -0.177. The highest BCUT2D eigenvalue weighted by atomic mass is 16.5. The van der Waals surface area contributed by atoms with E-state index in [1.54, 1.807) is 14.2 Å². The second-order valence-electron chi connectivity index (χ2n) is 7.07. The maximum absolute atomic E-state index is 12.9. The molecular formula is C22H24N2O3. The summed E-state index contributed by atoms with van der Waals surface area (Å²) in [7, 11) is 3.27. The van der Waals surface area contributed by atoms with Crippen LogP contribution in [0.3, 0.4) is 0 Å². The Kier molecular flexibility index (Phi) is 4.40. The number of nitrogens with one attached hydrogen (secondary N) is 2. The second-order valence-corrected chi connectivity index (χ2v) is 7.07. The maximum Gasteiger partial charge on any atom is 0.253 e. The van der Waals surface area contributed by atoms with Crippen molar-refractivity contribution in [2.75, 3.05) is 20.8 Å². The molecule has 0 spiro atoms. The van der Waals surface area contributed by atoms with E-state index in [1.807, 2.05) is 25.1 Å². The quantitative estimate of drug-likeness (QED) is 0.748. The second kappa shape index (κ2) is 6.74. The van der Waals surface area contributed by atoms with Gasteiger partial charge in [-0.25, -0.2) is 0 Å². The lowest BCUT2D eigenvalue weighted by atomic mass is 9.89. The summed E-state index contributed by atoms with van der Waals surface area (Å²) in [6.45, 7) is 4.90. The van der Waals surface area contributed by atoms with Crippen LogP contribution in [-0.2, 0) is 6.42 Å². The molecule has 2 N–H and O–H groups in total. The normalized spacial score (nSPS) is 16.2. The van der Waals surface area contributed by atoms with E-state index in [9.17, 15) is 4.79 Å². The van der Waals surface area contributed by atoms with E-state index in [0.29, 0.717) is 5.75 Å². The van der Waals surface area contributed by atoms with Gasteiger partial charge in [0.1, 0.15) is 0 Å². The average Bonchev–Trinajstić information content (AvgIpc) is 2.69. The molecule has 0 radical (unpaired) electrons. The van der Waals surface area contributed by atoms with Gasteiger partial charge in [-0.15, -0.1) is 0 Å². The largest absolute Gasteiger partial charge is 0.493 e. The van der Waals surface area contributed by atoms with E-state index in [0.717, 1.165) is 46.3 Å². The van der Waals surface area contributed by atoms with Crippen LogP contribution in [0.2, 0.25) is 0 Å². The molecule has 0 fully saturated rings. The third kappa shape index (κ3) is 2.88. The molecule has 5 nitrogen and oxygen atoms in total. The van der Waals surface area contributed by atoms with Gasteiger partial charge in [-0.3, -0.25) is 4.79 Å². The zero-order valence-electron chi connectivity index (χ0n) is 16.1. The molecule has 0 saturated heterocycles. The van der Waals surface area contributed by atoms with Crippen LogP contribution in [0.5, 0.6) is 11.5 Å².